The van der Waals surface area contributed by atoms with Crippen LogP contribution in [0.3, 0.4) is 0 Å². The number of hydrogen-bond donors (Lipinski definition) is 1. The first-order valence-corrected chi connectivity index (χ1v) is 8.52. The molecule has 2 fully saturated rings. The second kappa shape index (κ2) is 8.08. The van der Waals surface area contributed by atoms with E-state index in [-0.39, 0.29) is 11.8 Å². The van der Waals surface area contributed by atoms with E-state index in [2.05, 4.69) is 11.9 Å². The Bertz CT molecular complexity index is 521. The zero-order chi connectivity index (χ0) is 17.7. The van der Waals surface area contributed by atoms with Crippen molar-refractivity contribution in [1.29, 1.82) is 0 Å². The Hall–Kier alpha value is -2.18. The molecule has 2 aliphatic rings. The molecule has 0 bridgehead atoms. The van der Waals surface area contributed by atoms with Gasteiger partial charge in [0.15, 0.2) is 0 Å². The highest BCUT2D eigenvalue weighted by atomic mass is 16.7. The molecule has 3 unspecified atom stereocenters. The molecule has 0 aromatic carbocycles. The summed E-state index contributed by atoms with van der Waals surface area (Å²) in [6.07, 6.45) is 6.06. The molecule has 0 aromatic heterocycles. The fourth-order valence-corrected chi connectivity index (χ4v) is 3.26. The smallest absolute Gasteiger partial charge is 0.339 e. The van der Waals surface area contributed by atoms with Gasteiger partial charge in [-0.3, -0.25) is 14.4 Å². The van der Waals surface area contributed by atoms with Gasteiger partial charge in [-0.2, -0.15) is 0 Å². The largest absolute Gasteiger partial charge is 0.355 e. The summed E-state index contributed by atoms with van der Waals surface area (Å²) in [5.74, 6) is -2.93. The summed E-state index contributed by atoms with van der Waals surface area (Å²) in [6, 6.07) is -0.904. The number of rotatable bonds is 7. The van der Waals surface area contributed by atoms with E-state index in [9.17, 15) is 19.2 Å². The number of fused-ring (bicyclic) bond motifs is 1. The van der Waals surface area contributed by atoms with E-state index >= 15 is 0 Å². The van der Waals surface area contributed by atoms with Crippen LogP contribution in [0.5, 0.6) is 0 Å². The highest BCUT2D eigenvalue weighted by molar-refractivity contribution is 6.05. The average molecular weight is 336 g/mol. The molecule has 3 atom stereocenters. The number of hydroxylamine groups is 2. The lowest BCUT2D eigenvalue weighted by Gasteiger charge is -2.19. The molecule has 1 aliphatic carbocycles. The van der Waals surface area contributed by atoms with Crippen molar-refractivity contribution in [1.82, 2.24) is 10.4 Å². The number of hydrogen-bond acceptors (Lipinski definition) is 5. The molecule has 24 heavy (non-hydrogen) atoms. The van der Waals surface area contributed by atoms with E-state index in [1.807, 2.05) is 6.92 Å². The van der Waals surface area contributed by atoms with Crippen LogP contribution in [-0.4, -0.2) is 34.8 Å². The Balaban J connectivity index is 2.04. The van der Waals surface area contributed by atoms with E-state index in [1.165, 1.54) is 0 Å². The van der Waals surface area contributed by atoms with Gasteiger partial charge in [-0.25, -0.2) is 4.79 Å². The van der Waals surface area contributed by atoms with Crippen molar-refractivity contribution < 1.29 is 24.0 Å². The van der Waals surface area contributed by atoms with Crippen molar-refractivity contribution in [2.45, 2.75) is 57.9 Å². The van der Waals surface area contributed by atoms with Crippen molar-refractivity contribution in [2.24, 2.45) is 11.8 Å². The van der Waals surface area contributed by atoms with Gasteiger partial charge < -0.3 is 10.2 Å². The number of nitrogens with one attached hydrogen (secondary N) is 1. The van der Waals surface area contributed by atoms with Crippen molar-refractivity contribution >= 4 is 23.7 Å². The SMILES string of the molecule is C=CC(=O)NC(CCCC)C(=O)ON1C(=O)C2CCCCC2C1=O. The first-order chi connectivity index (χ1) is 11.5. The fourth-order valence-electron chi connectivity index (χ4n) is 3.26. The summed E-state index contributed by atoms with van der Waals surface area (Å²) in [5, 5.41) is 3.10. The van der Waals surface area contributed by atoms with E-state index in [4.69, 9.17) is 4.84 Å². The first-order valence-electron chi connectivity index (χ1n) is 8.52. The van der Waals surface area contributed by atoms with Crippen molar-refractivity contribution in [2.75, 3.05) is 0 Å². The lowest BCUT2D eigenvalue weighted by atomic mass is 9.81. The van der Waals surface area contributed by atoms with Gasteiger partial charge in [0.25, 0.3) is 11.8 Å². The Morgan fingerprint density at radius 2 is 1.88 bits per heavy atom. The maximum Gasteiger partial charge on any atom is 0.355 e. The minimum Gasteiger partial charge on any atom is -0.339 e. The Labute approximate surface area is 141 Å². The number of imide groups is 1. The number of unbranched alkanes of at least 4 members (excludes halogenated alkanes) is 1. The first kappa shape index (κ1) is 18.2. The second-order valence-corrected chi connectivity index (χ2v) is 6.29. The number of amides is 3. The molecule has 1 saturated carbocycles. The molecule has 0 radical (unpaired) electrons. The molecule has 0 spiro atoms. The minimum atomic E-state index is -0.904. The van der Waals surface area contributed by atoms with Crippen LogP contribution in [0.4, 0.5) is 0 Å². The van der Waals surface area contributed by atoms with Crippen LogP contribution >= 0.6 is 0 Å². The molecule has 1 heterocycles. The van der Waals surface area contributed by atoms with Crippen LogP contribution in [0.2, 0.25) is 0 Å². The molecule has 132 valence electrons. The highest BCUT2D eigenvalue weighted by Crippen LogP contribution is 2.38. The predicted octanol–water partition coefficient (Wildman–Crippen LogP) is 1.48. The molecule has 2 rings (SSSR count). The van der Waals surface area contributed by atoms with Crippen LogP contribution < -0.4 is 5.32 Å². The molecule has 1 N–H and O–H groups in total. The molecule has 0 aromatic rings. The van der Waals surface area contributed by atoms with E-state index in [0.717, 1.165) is 25.3 Å². The zero-order valence-corrected chi connectivity index (χ0v) is 14.0. The molecule has 7 nitrogen and oxygen atoms in total. The summed E-state index contributed by atoms with van der Waals surface area (Å²) < 4.78 is 0. The summed E-state index contributed by atoms with van der Waals surface area (Å²) >= 11 is 0. The topological polar surface area (TPSA) is 92.8 Å². The third-order valence-electron chi connectivity index (χ3n) is 4.61. The van der Waals surface area contributed by atoms with Crippen LogP contribution in [0.15, 0.2) is 12.7 Å². The van der Waals surface area contributed by atoms with Gasteiger partial charge in [0.1, 0.15) is 6.04 Å². The maximum atomic E-state index is 12.3. The average Bonchev–Trinajstić information content (AvgIpc) is 2.83. The lowest BCUT2D eigenvalue weighted by molar-refractivity contribution is -0.200. The van der Waals surface area contributed by atoms with Gasteiger partial charge in [0.05, 0.1) is 11.8 Å². The molecule has 1 aliphatic heterocycles. The lowest BCUT2D eigenvalue weighted by Crippen LogP contribution is -2.45. The maximum absolute atomic E-state index is 12.3. The van der Waals surface area contributed by atoms with Crippen molar-refractivity contribution in [3.8, 4) is 0 Å². The fraction of sp³-hybridized carbons (Fsp3) is 0.647. The molecule has 7 heteroatoms. The molecule has 1 saturated heterocycles. The summed E-state index contributed by atoms with van der Waals surface area (Å²) in [7, 11) is 0. The summed E-state index contributed by atoms with van der Waals surface area (Å²) in [6.45, 7) is 5.30. The zero-order valence-electron chi connectivity index (χ0n) is 14.0. The van der Waals surface area contributed by atoms with Crippen LogP contribution in [-0.2, 0) is 24.0 Å². The molecular formula is C17H24N2O5. The standard InChI is InChI=1S/C17H24N2O5/c1-3-5-10-13(18-14(20)4-2)17(23)24-19-15(21)11-8-6-7-9-12(11)16(19)22/h4,11-13H,2-3,5-10H2,1H3,(H,18,20). The Morgan fingerprint density at radius 1 is 1.29 bits per heavy atom. The van der Waals surface area contributed by atoms with Gasteiger partial charge in [-0.05, 0) is 25.3 Å². The van der Waals surface area contributed by atoms with Crippen LogP contribution in [0, 0.1) is 11.8 Å². The van der Waals surface area contributed by atoms with Crippen LogP contribution in [0.1, 0.15) is 51.9 Å². The normalized spacial score (nSPS) is 24.3. The van der Waals surface area contributed by atoms with Crippen molar-refractivity contribution in [3.63, 3.8) is 0 Å². The van der Waals surface area contributed by atoms with E-state index in [1.54, 1.807) is 0 Å². The van der Waals surface area contributed by atoms with E-state index < -0.39 is 29.7 Å². The highest BCUT2D eigenvalue weighted by Gasteiger charge is 2.50. The van der Waals surface area contributed by atoms with Gasteiger partial charge in [-0.1, -0.05) is 39.2 Å². The third-order valence-corrected chi connectivity index (χ3v) is 4.61. The Kier molecular flexibility index (Phi) is 6.11. The number of carbonyl (C=O) groups excluding carboxylic acids is 4. The second-order valence-electron chi connectivity index (χ2n) is 6.29. The Morgan fingerprint density at radius 3 is 2.38 bits per heavy atom. The molecular weight excluding hydrogens is 312 g/mol. The predicted molar refractivity (Wildman–Crippen MR) is 85.0 cm³/mol. The van der Waals surface area contributed by atoms with Gasteiger partial charge in [0.2, 0.25) is 5.91 Å². The third kappa shape index (κ3) is 3.83. The molecule has 3 amide bonds. The summed E-state index contributed by atoms with van der Waals surface area (Å²) in [4.78, 5) is 53.5. The van der Waals surface area contributed by atoms with E-state index in [0.29, 0.717) is 30.7 Å². The van der Waals surface area contributed by atoms with Crippen LogP contribution in [0.25, 0.3) is 0 Å². The van der Waals surface area contributed by atoms with Gasteiger partial charge in [0, 0.05) is 0 Å². The van der Waals surface area contributed by atoms with Gasteiger partial charge >= 0.3 is 5.97 Å². The minimum absolute atomic E-state index is 0.373. The van der Waals surface area contributed by atoms with Gasteiger partial charge in [-0.15, -0.1) is 5.06 Å². The summed E-state index contributed by atoms with van der Waals surface area (Å²) in [5.41, 5.74) is 0. The number of nitrogens with zero attached hydrogens (tertiary/aromatic N) is 1. The monoisotopic (exact) mass is 336 g/mol. The number of carbonyl (C=O) groups is 4. The van der Waals surface area contributed by atoms with Crippen molar-refractivity contribution in [3.05, 3.63) is 12.7 Å². The quantitative estimate of drug-likeness (QED) is 0.561.